The molecule has 0 saturated carbocycles. The smallest absolute Gasteiger partial charge is 0.129 e. The van der Waals surface area contributed by atoms with E-state index in [1.165, 1.54) is 0 Å². The maximum absolute atomic E-state index is 5.29. The van der Waals surface area contributed by atoms with E-state index in [-0.39, 0.29) is 6.23 Å². The van der Waals surface area contributed by atoms with Crippen molar-refractivity contribution in [3.63, 3.8) is 0 Å². The molecule has 1 atom stereocenters. The molecule has 1 aliphatic rings. The minimum atomic E-state index is -0.186. The highest BCUT2D eigenvalue weighted by molar-refractivity contribution is 4.49. The second-order valence-corrected chi connectivity index (χ2v) is 1.48. The molecule has 0 aromatic heterocycles. The molecule has 1 saturated heterocycles. The lowest BCUT2D eigenvalue weighted by atomic mass is 10.6. The van der Waals surface area contributed by atoms with Gasteiger partial charge in [-0.25, -0.2) is 0 Å². The van der Waals surface area contributed by atoms with E-state index in [9.17, 15) is 0 Å². The Morgan fingerprint density at radius 3 is 2.22 bits per heavy atom. The highest BCUT2D eigenvalue weighted by atomic mass is 16.6. The van der Waals surface area contributed by atoms with Crippen molar-refractivity contribution >= 4 is 0 Å². The summed E-state index contributed by atoms with van der Waals surface area (Å²) >= 11 is 0. The zero-order valence-corrected chi connectivity index (χ0v) is 6.09. The van der Waals surface area contributed by atoms with Crippen molar-refractivity contribution in [2.24, 2.45) is 5.73 Å². The number of ether oxygens (including phenoxy) is 2. The molecule has 2 N–H and O–H groups in total. The average molecular weight is 133 g/mol. The van der Waals surface area contributed by atoms with E-state index >= 15 is 0 Å². The quantitative estimate of drug-likeness (QED) is 0.518. The van der Waals surface area contributed by atoms with Gasteiger partial charge < -0.3 is 15.2 Å². The average Bonchev–Trinajstić information content (AvgIpc) is 1.94. The highest BCUT2D eigenvalue weighted by Gasteiger charge is 2.06. The van der Waals surface area contributed by atoms with E-state index in [2.05, 4.69) is 0 Å². The number of rotatable bonds is 0. The van der Waals surface area contributed by atoms with Crippen LogP contribution in [0.15, 0.2) is 0 Å². The Bertz CT molecular complexity index is 53.0. The van der Waals surface area contributed by atoms with Crippen LogP contribution < -0.4 is 5.73 Å². The number of hydrogen-bond acceptors (Lipinski definition) is 3. The Balaban J connectivity index is 0.000000291. The van der Waals surface area contributed by atoms with Gasteiger partial charge in [0.25, 0.3) is 0 Å². The summed E-state index contributed by atoms with van der Waals surface area (Å²) in [5, 5.41) is 0. The molecule has 1 unspecified atom stereocenters. The summed E-state index contributed by atoms with van der Waals surface area (Å²) in [4.78, 5) is 0. The first kappa shape index (κ1) is 8.88. The summed E-state index contributed by atoms with van der Waals surface area (Å²) in [6, 6.07) is 0. The molecule has 0 bridgehead atoms. The van der Waals surface area contributed by atoms with Crippen molar-refractivity contribution in [2.75, 3.05) is 19.8 Å². The molecule has 0 aromatic carbocycles. The van der Waals surface area contributed by atoms with Gasteiger partial charge in [-0.1, -0.05) is 13.8 Å². The summed E-state index contributed by atoms with van der Waals surface area (Å²) in [7, 11) is 0. The zero-order valence-electron chi connectivity index (χ0n) is 6.09. The summed E-state index contributed by atoms with van der Waals surface area (Å²) in [5.74, 6) is 0. The Kier molecular flexibility index (Phi) is 5.93. The van der Waals surface area contributed by atoms with Gasteiger partial charge in [0.15, 0.2) is 0 Å². The third-order valence-electron chi connectivity index (χ3n) is 0.842. The van der Waals surface area contributed by atoms with E-state index in [0.29, 0.717) is 19.8 Å². The van der Waals surface area contributed by atoms with Crippen LogP contribution in [0.5, 0.6) is 0 Å². The van der Waals surface area contributed by atoms with Gasteiger partial charge in [0.05, 0.1) is 19.8 Å². The van der Waals surface area contributed by atoms with Crippen LogP contribution in [0.4, 0.5) is 0 Å². The fourth-order valence-electron chi connectivity index (χ4n) is 0.506. The van der Waals surface area contributed by atoms with Crippen LogP contribution in [0.25, 0.3) is 0 Å². The molecule has 3 nitrogen and oxygen atoms in total. The summed E-state index contributed by atoms with van der Waals surface area (Å²) < 4.78 is 9.86. The van der Waals surface area contributed by atoms with E-state index in [0.717, 1.165) is 0 Å². The molecular weight excluding hydrogens is 118 g/mol. The fraction of sp³-hybridized carbons (Fsp3) is 1.00. The van der Waals surface area contributed by atoms with E-state index in [1.54, 1.807) is 0 Å². The van der Waals surface area contributed by atoms with Crippen LogP contribution in [0.3, 0.4) is 0 Å². The van der Waals surface area contributed by atoms with Crippen molar-refractivity contribution in [1.82, 2.24) is 0 Å². The summed E-state index contributed by atoms with van der Waals surface area (Å²) in [5.41, 5.74) is 5.29. The van der Waals surface area contributed by atoms with Crippen molar-refractivity contribution in [3.05, 3.63) is 0 Å². The van der Waals surface area contributed by atoms with Gasteiger partial charge in [-0.15, -0.1) is 0 Å². The minimum Gasteiger partial charge on any atom is -0.375 e. The molecular formula is C6H15NO2. The predicted octanol–water partition coefficient (Wildman–Crippen LogP) is 0.344. The van der Waals surface area contributed by atoms with Crippen LogP contribution >= 0.6 is 0 Å². The Labute approximate surface area is 56.1 Å². The molecule has 1 fully saturated rings. The monoisotopic (exact) mass is 133 g/mol. The van der Waals surface area contributed by atoms with Gasteiger partial charge in [0.2, 0.25) is 0 Å². The van der Waals surface area contributed by atoms with Gasteiger partial charge in [0.1, 0.15) is 6.23 Å². The van der Waals surface area contributed by atoms with E-state index in [1.807, 2.05) is 13.8 Å². The molecule has 1 rings (SSSR count). The van der Waals surface area contributed by atoms with Gasteiger partial charge >= 0.3 is 0 Å². The largest absolute Gasteiger partial charge is 0.375 e. The third-order valence-corrected chi connectivity index (χ3v) is 0.842. The molecule has 1 aliphatic heterocycles. The second-order valence-electron chi connectivity index (χ2n) is 1.48. The summed E-state index contributed by atoms with van der Waals surface area (Å²) in [6.45, 7) is 5.87. The third kappa shape index (κ3) is 4.39. The highest BCUT2D eigenvalue weighted by Crippen LogP contribution is 1.91. The normalized spacial score (nSPS) is 26.3. The van der Waals surface area contributed by atoms with E-state index < -0.39 is 0 Å². The lowest BCUT2D eigenvalue weighted by Crippen LogP contribution is -2.35. The van der Waals surface area contributed by atoms with Gasteiger partial charge in [0, 0.05) is 0 Å². The van der Waals surface area contributed by atoms with Crippen molar-refractivity contribution in [2.45, 2.75) is 20.1 Å². The zero-order chi connectivity index (χ0) is 7.11. The van der Waals surface area contributed by atoms with Gasteiger partial charge in [-0.2, -0.15) is 0 Å². The first-order valence-corrected chi connectivity index (χ1v) is 3.34. The topological polar surface area (TPSA) is 44.5 Å². The van der Waals surface area contributed by atoms with Crippen molar-refractivity contribution in [3.8, 4) is 0 Å². The maximum atomic E-state index is 5.29. The lowest BCUT2D eigenvalue weighted by Gasteiger charge is -2.18. The van der Waals surface area contributed by atoms with Crippen LogP contribution in [0.1, 0.15) is 13.8 Å². The van der Waals surface area contributed by atoms with Crippen LogP contribution in [0, 0.1) is 0 Å². The van der Waals surface area contributed by atoms with Crippen molar-refractivity contribution < 1.29 is 9.47 Å². The van der Waals surface area contributed by atoms with E-state index in [4.69, 9.17) is 15.2 Å². The van der Waals surface area contributed by atoms with Gasteiger partial charge in [-0.05, 0) is 0 Å². The SMILES string of the molecule is CC.NC1COCCO1. The maximum Gasteiger partial charge on any atom is 0.129 e. The molecule has 0 radical (unpaired) electrons. The lowest BCUT2D eigenvalue weighted by molar-refractivity contribution is -0.0849. The van der Waals surface area contributed by atoms with Crippen LogP contribution in [0.2, 0.25) is 0 Å². The molecule has 1 heterocycles. The fourth-order valence-corrected chi connectivity index (χ4v) is 0.506. The van der Waals surface area contributed by atoms with Crippen molar-refractivity contribution in [1.29, 1.82) is 0 Å². The molecule has 0 amide bonds. The number of hydrogen-bond donors (Lipinski definition) is 1. The molecule has 0 spiro atoms. The Morgan fingerprint density at radius 1 is 1.33 bits per heavy atom. The Hall–Kier alpha value is -0.120. The predicted molar refractivity (Wildman–Crippen MR) is 36.1 cm³/mol. The second kappa shape index (κ2) is 6.01. The first-order chi connectivity index (χ1) is 4.39. The Morgan fingerprint density at radius 2 is 2.00 bits per heavy atom. The van der Waals surface area contributed by atoms with Crippen LogP contribution in [-0.4, -0.2) is 26.0 Å². The van der Waals surface area contributed by atoms with Gasteiger partial charge in [-0.3, -0.25) is 0 Å². The molecule has 0 aromatic rings. The molecule has 0 aliphatic carbocycles. The standard InChI is InChI=1S/C4H9NO2.C2H6/c5-4-3-6-1-2-7-4;1-2/h4H,1-3,5H2;1-2H3. The molecule has 9 heavy (non-hydrogen) atoms. The number of nitrogens with two attached hydrogens (primary N) is 1. The van der Waals surface area contributed by atoms with Crippen LogP contribution in [-0.2, 0) is 9.47 Å². The molecule has 56 valence electrons. The minimum absolute atomic E-state index is 0.186. The first-order valence-electron chi connectivity index (χ1n) is 3.34. The molecule has 3 heteroatoms. The summed E-state index contributed by atoms with van der Waals surface area (Å²) in [6.07, 6.45) is -0.186.